The average Bonchev–Trinajstić information content (AvgIpc) is 3.06. The molecule has 4 heteroatoms. The Bertz CT molecular complexity index is 732. The molecule has 1 N–H and O–H groups in total. The molecule has 25 heavy (non-hydrogen) atoms. The predicted octanol–water partition coefficient (Wildman–Crippen LogP) is 2.69. The first-order valence-electron chi connectivity index (χ1n) is 9.05. The van der Waals surface area contributed by atoms with Crippen LogP contribution in [-0.2, 0) is 22.5 Å². The van der Waals surface area contributed by atoms with Crippen molar-refractivity contribution in [2.24, 2.45) is 0 Å². The molecule has 0 aromatic heterocycles. The second-order valence-electron chi connectivity index (χ2n) is 6.85. The molecule has 130 valence electrons. The second-order valence-corrected chi connectivity index (χ2v) is 6.85. The first-order valence-corrected chi connectivity index (χ1v) is 9.05. The SMILES string of the molecule is O=C(N[C@@H]1CCc2ccccc21)[C@H]1COCCN1Cc1ccccc1. The molecule has 2 atom stereocenters. The van der Waals surface area contributed by atoms with E-state index < -0.39 is 0 Å². The summed E-state index contributed by atoms with van der Waals surface area (Å²) in [6.45, 7) is 2.72. The van der Waals surface area contributed by atoms with E-state index in [4.69, 9.17) is 4.74 Å². The number of rotatable bonds is 4. The van der Waals surface area contributed by atoms with Crippen LogP contribution in [0, 0.1) is 0 Å². The molecule has 1 saturated heterocycles. The van der Waals surface area contributed by atoms with Crippen molar-refractivity contribution in [1.82, 2.24) is 10.2 Å². The maximum Gasteiger partial charge on any atom is 0.240 e. The van der Waals surface area contributed by atoms with Gasteiger partial charge in [0.2, 0.25) is 5.91 Å². The van der Waals surface area contributed by atoms with E-state index in [9.17, 15) is 4.79 Å². The van der Waals surface area contributed by atoms with Crippen LogP contribution in [0.4, 0.5) is 0 Å². The Hall–Kier alpha value is -2.17. The molecule has 4 nitrogen and oxygen atoms in total. The highest BCUT2D eigenvalue weighted by atomic mass is 16.5. The molecule has 1 heterocycles. The van der Waals surface area contributed by atoms with Gasteiger partial charge in [-0.05, 0) is 29.5 Å². The number of benzene rings is 2. The van der Waals surface area contributed by atoms with Gasteiger partial charge in [0, 0.05) is 13.1 Å². The number of nitrogens with one attached hydrogen (secondary N) is 1. The standard InChI is InChI=1S/C21H24N2O2/c24-21(22-19-11-10-17-8-4-5-9-18(17)19)20-15-25-13-12-23(20)14-16-6-2-1-3-7-16/h1-9,19-20H,10-15H2,(H,22,24)/t19-,20-/m1/s1. The predicted molar refractivity (Wildman–Crippen MR) is 97.1 cm³/mol. The Morgan fingerprint density at radius 3 is 2.80 bits per heavy atom. The van der Waals surface area contributed by atoms with Gasteiger partial charge in [0.25, 0.3) is 0 Å². The highest BCUT2D eigenvalue weighted by molar-refractivity contribution is 5.82. The van der Waals surface area contributed by atoms with Crippen molar-refractivity contribution < 1.29 is 9.53 Å². The van der Waals surface area contributed by atoms with Crippen molar-refractivity contribution in [2.75, 3.05) is 19.8 Å². The number of hydrogen-bond acceptors (Lipinski definition) is 3. The molecule has 0 bridgehead atoms. The number of carbonyl (C=O) groups is 1. The average molecular weight is 336 g/mol. The Kier molecular flexibility index (Phi) is 4.81. The maximum atomic E-state index is 12.9. The van der Waals surface area contributed by atoms with Gasteiger partial charge in [0.05, 0.1) is 19.3 Å². The van der Waals surface area contributed by atoms with Gasteiger partial charge in [0.1, 0.15) is 6.04 Å². The fourth-order valence-electron chi connectivity index (χ4n) is 3.86. The van der Waals surface area contributed by atoms with E-state index in [2.05, 4.69) is 46.6 Å². The van der Waals surface area contributed by atoms with Crippen molar-refractivity contribution in [2.45, 2.75) is 31.5 Å². The summed E-state index contributed by atoms with van der Waals surface area (Å²) in [6.07, 6.45) is 2.02. The first-order chi connectivity index (χ1) is 12.3. The molecule has 4 rings (SSSR count). The summed E-state index contributed by atoms with van der Waals surface area (Å²) in [5, 5.41) is 3.26. The third-order valence-electron chi connectivity index (χ3n) is 5.22. The van der Waals surface area contributed by atoms with Crippen molar-refractivity contribution in [3.63, 3.8) is 0 Å². The van der Waals surface area contributed by atoms with Crippen molar-refractivity contribution in [3.05, 3.63) is 71.3 Å². The number of amides is 1. The minimum absolute atomic E-state index is 0.0809. The summed E-state index contributed by atoms with van der Waals surface area (Å²) in [5.41, 5.74) is 3.85. The number of nitrogens with zero attached hydrogens (tertiary/aromatic N) is 1. The molecule has 2 aromatic rings. The fourth-order valence-corrected chi connectivity index (χ4v) is 3.86. The highest BCUT2D eigenvalue weighted by Crippen LogP contribution is 2.31. The van der Waals surface area contributed by atoms with Crippen LogP contribution in [0.3, 0.4) is 0 Å². The van der Waals surface area contributed by atoms with Gasteiger partial charge in [-0.15, -0.1) is 0 Å². The van der Waals surface area contributed by atoms with Gasteiger partial charge in [-0.25, -0.2) is 0 Å². The van der Waals surface area contributed by atoms with Gasteiger partial charge in [-0.3, -0.25) is 9.69 Å². The molecule has 1 amide bonds. The number of aryl methyl sites for hydroxylation is 1. The van der Waals surface area contributed by atoms with Crippen LogP contribution < -0.4 is 5.32 Å². The molecule has 0 unspecified atom stereocenters. The van der Waals surface area contributed by atoms with Crippen LogP contribution in [-0.4, -0.2) is 36.6 Å². The van der Waals surface area contributed by atoms with Gasteiger partial charge in [-0.1, -0.05) is 54.6 Å². The molecule has 0 spiro atoms. The Labute approximate surface area is 148 Å². The molecular weight excluding hydrogens is 312 g/mol. The molecule has 1 aliphatic carbocycles. The Morgan fingerprint density at radius 2 is 1.92 bits per heavy atom. The maximum absolute atomic E-state index is 12.9. The van der Waals surface area contributed by atoms with Gasteiger partial charge in [-0.2, -0.15) is 0 Å². The highest BCUT2D eigenvalue weighted by Gasteiger charge is 2.32. The molecule has 2 aliphatic rings. The molecule has 0 saturated carbocycles. The van der Waals surface area contributed by atoms with E-state index in [1.165, 1.54) is 16.7 Å². The number of hydrogen-bond donors (Lipinski definition) is 1. The van der Waals surface area contributed by atoms with Crippen molar-refractivity contribution >= 4 is 5.91 Å². The van der Waals surface area contributed by atoms with Crippen molar-refractivity contribution in [3.8, 4) is 0 Å². The van der Waals surface area contributed by atoms with E-state index in [0.717, 1.165) is 25.9 Å². The fraction of sp³-hybridized carbons (Fsp3) is 0.381. The zero-order chi connectivity index (χ0) is 17.1. The summed E-state index contributed by atoms with van der Waals surface area (Å²) < 4.78 is 5.60. The number of ether oxygens (including phenoxy) is 1. The van der Waals surface area contributed by atoms with E-state index in [-0.39, 0.29) is 18.0 Å². The number of morpholine rings is 1. The molecule has 1 fully saturated rings. The van der Waals surface area contributed by atoms with Gasteiger partial charge < -0.3 is 10.1 Å². The Balaban J connectivity index is 1.44. The lowest BCUT2D eigenvalue weighted by atomic mass is 10.1. The van der Waals surface area contributed by atoms with Gasteiger partial charge >= 0.3 is 0 Å². The molecule has 0 radical (unpaired) electrons. The van der Waals surface area contributed by atoms with E-state index in [1.807, 2.05) is 18.2 Å². The summed E-state index contributed by atoms with van der Waals surface area (Å²) >= 11 is 0. The molecule has 1 aliphatic heterocycles. The number of fused-ring (bicyclic) bond motifs is 1. The van der Waals surface area contributed by atoms with E-state index in [0.29, 0.717) is 13.2 Å². The van der Waals surface area contributed by atoms with Crippen molar-refractivity contribution in [1.29, 1.82) is 0 Å². The first kappa shape index (κ1) is 16.3. The minimum atomic E-state index is -0.221. The zero-order valence-corrected chi connectivity index (χ0v) is 14.4. The molecule has 2 aromatic carbocycles. The largest absolute Gasteiger partial charge is 0.378 e. The second kappa shape index (κ2) is 7.38. The van der Waals surface area contributed by atoms with E-state index >= 15 is 0 Å². The normalized spacial score (nSPS) is 23.2. The third kappa shape index (κ3) is 3.60. The summed E-state index contributed by atoms with van der Waals surface area (Å²) in [5.74, 6) is 0.0809. The third-order valence-corrected chi connectivity index (χ3v) is 5.22. The lowest BCUT2D eigenvalue weighted by Gasteiger charge is -2.35. The zero-order valence-electron chi connectivity index (χ0n) is 14.4. The minimum Gasteiger partial charge on any atom is -0.378 e. The summed E-state index contributed by atoms with van der Waals surface area (Å²) in [6, 6.07) is 18.6. The monoisotopic (exact) mass is 336 g/mol. The van der Waals surface area contributed by atoms with Gasteiger partial charge in [0.15, 0.2) is 0 Å². The van der Waals surface area contributed by atoms with Crippen LogP contribution in [0.15, 0.2) is 54.6 Å². The van der Waals surface area contributed by atoms with Crippen LogP contribution in [0.25, 0.3) is 0 Å². The summed E-state index contributed by atoms with van der Waals surface area (Å²) in [7, 11) is 0. The quantitative estimate of drug-likeness (QED) is 0.933. The number of carbonyl (C=O) groups excluding carboxylic acids is 1. The smallest absolute Gasteiger partial charge is 0.240 e. The topological polar surface area (TPSA) is 41.6 Å². The van der Waals surface area contributed by atoms with E-state index in [1.54, 1.807) is 0 Å². The van der Waals surface area contributed by atoms with Crippen LogP contribution in [0.5, 0.6) is 0 Å². The van der Waals surface area contributed by atoms with Crippen LogP contribution >= 0.6 is 0 Å². The summed E-state index contributed by atoms with van der Waals surface area (Å²) in [4.78, 5) is 15.2. The molecular formula is C21H24N2O2. The van der Waals surface area contributed by atoms with Crippen LogP contribution in [0.2, 0.25) is 0 Å². The lowest BCUT2D eigenvalue weighted by Crippen LogP contribution is -2.53. The Morgan fingerprint density at radius 1 is 1.12 bits per heavy atom. The van der Waals surface area contributed by atoms with Crippen LogP contribution in [0.1, 0.15) is 29.2 Å². The lowest BCUT2D eigenvalue weighted by molar-refractivity contribution is -0.133.